The van der Waals surface area contributed by atoms with Gasteiger partial charge in [0, 0.05) is 34.6 Å². The molecule has 3 aromatic rings. The molecule has 2 aliphatic carbocycles. The van der Waals surface area contributed by atoms with Crippen LogP contribution < -0.4 is 25.2 Å². The van der Waals surface area contributed by atoms with E-state index in [2.05, 4.69) is 23.9 Å². The van der Waals surface area contributed by atoms with Gasteiger partial charge in [-0.2, -0.15) is 0 Å². The average Bonchev–Trinajstić information content (AvgIpc) is 4.00. The molecule has 2 aliphatic heterocycles. The van der Waals surface area contributed by atoms with E-state index in [-0.39, 0.29) is 37.1 Å². The number of nitrogens with one attached hydrogen (secondary N) is 2. The largest absolute Gasteiger partial charge is 0.495 e. The molecule has 0 bridgehead atoms. The molecular weight excluding hydrogens is 729 g/mol. The fraction of sp³-hybridized carbons (Fsp3) is 0.564. The highest BCUT2D eigenvalue weighted by Gasteiger charge is 2.62. The monoisotopic (exact) mass is 778 g/mol. The van der Waals surface area contributed by atoms with Crippen molar-refractivity contribution < 1.29 is 32.3 Å². The number of rotatable bonds is 8. The number of benzene rings is 1. The lowest BCUT2D eigenvalue weighted by Gasteiger charge is -2.33. The number of nitrogens with two attached hydrogens (primary N) is 1. The van der Waals surface area contributed by atoms with Gasteiger partial charge in [0.15, 0.2) is 0 Å². The second-order valence-electron chi connectivity index (χ2n) is 16.1. The number of aromatic nitrogens is 2. The van der Waals surface area contributed by atoms with Gasteiger partial charge in [0.1, 0.15) is 51.1 Å². The van der Waals surface area contributed by atoms with Crippen LogP contribution in [0.25, 0.3) is 21.6 Å². The van der Waals surface area contributed by atoms with Crippen LogP contribution in [0.5, 0.6) is 11.5 Å². The number of thiazole rings is 1. The van der Waals surface area contributed by atoms with E-state index in [9.17, 15) is 22.8 Å². The van der Waals surface area contributed by atoms with E-state index in [0.29, 0.717) is 58.1 Å². The summed E-state index contributed by atoms with van der Waals surface area (Å²) in [6, 6.07) is 4.43. The van der Waals surface area contributed by atoms with Crippen molar-refractivity contribution in [3.63, 3.8) is 0 Å². The van der Waals surface area contributed by atoms with Crippen molar-refractivity contribution in [3.05, 3.63) is 41.4 Å². The lowest BCUT2D eigenvalue weighted by atomic mass is 9.85. The van der Waals surface area contributed by atoms with Crippen molar-refractivity contribution in [1.82, 2.24) is 24.9 Å². The van der Waals surface area contributed by atoms with Gasteiger partial charge in [0.2, 0.25) is 21.8 Å². The van der Waals surface area contributed by atoms with E-state index in [1.165, 1.54) is 18.4 Å². The number of fused-ring (bicyclic) bond motifs is 3. The molecule has 4 heterocycles. The van der Waals surface area contributed by atoms with E-state index in [1.54, 1.807) is 11.0 Å². The number of hydrogen-bond acceptors (Lipinski definition) is 11. The van der Waals surface area contributed by atoms with Crippen molar-refractivity contribution in [2.45, 2.75) is 114 Å². The van der Waals surface area contributed by atoms with Crippen molar-refractivity contribution in [3.8, 4) is 22.2 Å². The molecule has 0 radical (unpaired) electrons. The molecule has 1 saturated heterocycles. The molecule has 0 unspecified atom stereocenters. The first-order valence-corrected chi connectivity index (χ1v) is 21.3. The van der Waals surface area contributed by atoms with E-state index in [1.807, 2.05) is 43.5 Å². The molecule has 2 aromatic heterocycles. The third-order valence-electron chi connectivity index (χ3n) is 11.2. The summed E-state index contributed by atoms with van der Waals surface area (Å²) in [5, 5.41) is 5.69. The number of allylic oxidation sites excluding steroid dienone is 1. The van der Waals surface area contributed by atoms with Crippen LogP contribution in [0.15, 0.2) is 35.7 Å². The van der Waals surface area contributed by atoms with Gasteiger partial charge in [-0.1, -0.05) is 52.7 Å². The molecule has 4 N–H and O–H groups in total. The van der Waals surface area contributed by atoms with Gasteiger partial charge < -0.3 is 25.4 Å². The van der Waals surface area contributed by atoms with Gasteiger partial charge in [0.05, 0.1) is 24.6 Å². The summed E-state index contributed by atoms with van der Waals surface area (Å²) in [5.41, 5.74) is 6.69. The zero-order chi connectivity index (χ0) is 38.6. The first kappa shape index (κ1) is 38.1. The fourth-order valence-corrected chi connectivity index (χ4v) is 9.89. The molecule has 4 aliphatic rings. The highest BCUT2D eigenvalue weighted by Crippen LogP contribution is 2.47. The zero-order valence-corrected chi connectivity index (χ0v) is 33.1. The lowest BCUT2D eigenvalue weighted by Crippen LogP contribution is -2.57. The molecule has 1 aromatic carbocycles. The van der Waals surface area contributed by atoms with Crippen molar-refractivity contribution in [2.75, 3.05) is 19.4 Å². The van der Waals surface area contributed by atoms with Crippen LogP contribution in [0.1, 0.15) is 97.1 Å². The number of carbonyl (C=O) groups excluding carboxylic acids is 3. The number of amides is 3. The Morgan fingerprint density at radius 1 is 1.13 bits per heavy atom. The van der Waals surface area contributed by atoms with Gasteiger partial charge in [-0.3, -0.25) is 19.1 Å². The number of hydrogen-bond donors (Lipinski definition) is 3. The van der Waals surface area contributed by atoms with Gasteiger partial charge in [-0.25, -0.2) is 18.4 Å². The summed E-state index contributed by atoms with van der Waals surface area (Å²) in [6.45, 7) is 8.08. The minimum absolute atomic E-state index is 0.123. The number of anilines is 1. The molecular formula is C39H50N6O7S2. The average molecular weight is 779 g/mol. The number of nitrogen functional groups attached to an aromatic ring is 1. The topological polar surface area (TPSA) is 183 Å². The summed E-state index contributed by atoms with van der Waals surface area (Å²) in [5.74, 6) is -0.649. The summed E-state index contributed by atoms with van der Waals surface area (Å²) in [6.07, 6.45) is 8.83. The first-order valence-electron chi connectivity index (χ1n) is 18.9. The van der Waals surface area contributed by atoms with Crippen molar-refractivity contribution in [1.29, 1.82) is 0 Å². The third-order valence-corrected chi connectivity index (χ3v) is 13.9. The number of pyridine rings is 1. The van der Waals surface area contributed by atoms with Gasteiger partial charge in [-0.15, -0.1) is 11.3 Å². The van der Waals surface area contributed by atoms with E-state index < -0.39 is 50.2 Å². The standard InChI is InChI=1S/C39H50N6O7S2/c1-22(2)28-21-53-35(42-28)27-18-31(26-14-15-30(51-5)32(40)33(26)41-27)52-24-17-29-34(46)43-39(36(47)44-54(49,50)25-12-13-25)19-23(39)11-9-7-6-8-10-16-38(3,4)37(48)45(29)20-24/h9,11,14-15,18,21-25,29H,6-8,10,12-13,16-17,19-20,40H2,1-5H3,(H,43,46)(H,44,47)/b11-9-/t23-,24-,29+,39-/m1/s1. The van der Waals surface area contributed by atoms with Gasteiger partial charge in [0.25, 0.3) is 5.91 Å². The number of carbonyl (C=O) groups is 3. The number of ether oxygens (including phenoxy) is 2. The molecule has 7 rings (SSSR count). The second kappa shape index (κ2) is 14.4. The molecule has 54 heavy (non-hydrogen) atoms. The quantitative estimate of drug-likeness (QED) is 0.196. The minimum atomic E-state index is -3.85. The normalized spacial score (nSPS) is 26.6. The van der Waals surface area contributed by atoms with Crippen LogP contribution in [0.3, 0.4) is 0 Å². The molecule has 4 atom stereocenters. The Bertz CT molecular complexity index is 2110. The Balaban J connectivity index is 1.23. The number of sulfonamides is 1. The summed E-state index contributed by atoms with van der Waals surface area (Å²) < 4.78 is 40.2. The highest BCUT2D eigenvalue weighted by molar-refractivity contribution is 7.91. The summed E-state index contributed by atoms with van der Waals surface area (Å²) in [4.78, 5) is 53.8. The van der Waals surface area contributed by atoms with Crippen molar-refractivity contribution in [2.24, 2.45) is 11.3 Å². The molecule has 3 fully saturated rings. The molecule has 290 valence electrons. The van der Waals surface area contributed by atoms with Crippen LogP contribution in [0.2, 0.25) is 0 Å². The van der Waals surface area contributed by atoms with Crippen LogP contribution in [-0.4, -0.2) is 77.6 Å². The molecule has 13 nitrogen and oxygen atoms in total. The van der Waals surface area contributed by atoms with Gasteiger partial charge >= 0.3 is 0 Å². The fourth-order valence-electron chi connectivity index (χ4n) is 7.58. The predicted octanol–water partition coefficient (Wildman–Crippen LogP) is 5.45. The Hall–Kier alpha value is -4.24. The smallest absolute Gasteiger partial charge is 0.259 e. The van der Waals surface area contributed by atoms with Crippen LogP contribution in [0, 0.1) is 11.3 Å². The predicted molar refractivity (Wildman–Crippen MR) is 208 cm³/mol. The summed E-state index contributed by atoms with van der Waals surface area (Å²) in [7, 11) is -2.31. The van der Waals surface area contributed by atoms with E-state index >= 15 is 0 Å². The maximum absolute atomic E-state index is 14.4. The van der Waals surface area contributed by atoms with Crippen LogP contribution in [-0.2, 0) is 24.4 Å². The Labute approximate surface area is 320 Å². The SMILES string of the molecule is COc1ccc2c(O[C@@H]3C[C@H]4C(=O)N[C@]5(C(=O)NS(=O)(=O)C6CC6)C[C@H]5/C=C\CCCCCC(C)(C)C(=O)N4C3)cc(-c3nc(C(C)C)cs3)nc2c1N. The minimum Gasteiger partial charge on any atom is -0.495 e. The van der Waals surface area contributed by atoms with Crippen molar-refractivity contribution >= 4 is 55.7 Å². The van der Waals surface area contributed by atoms with E-state index in [4.69, 9.17) is 25.2 Å². The lowest BCUT2D eigenvalue weighted by molar-refractivity contribution is -0.146. The zero-order valence-electron chi connectivity index (χ0n) is 31.5. The molecule has 3 amide bonds. The Morgan fingerprint density at radius 2 is 1.91 bits per heavy atom. The van der Waals surface area contributed by atoms with E-state index in [0.717, 1.165) is 31.4 Å². The summed E-state index contributed by atoms with van der Waals surface area (Å²) >= 11 is 1.47. The molecule has 0 spiro atoms. The Kier molecular flexibility index (Phi) is 10.2. The maximum atomic E-state index is 14.4. The maximum Gasteiger partial charge on any atom is 0.259 e. The molecule has 15 heteroatoms. The Morgan fingerprint density at radius 3 is 2.61 bits per heavy atom. The van der Waals surface area contributed by atoms with Gasteiger partial charge in [-0.05, 0) is 56.6 Å². The number of nitrogens with zero attached hydrogens (tertiary/aromatic N) is 3. The second-order valence-corrected chi connectivity index (χ2v) is 18.9. The van der Waals surface area contributed by atoms with Crippen LogP contribution in [0.4, 0.5) is 5.69 Å². The first-order chi connectivity index (χ1) is 25.6. The number of methoxy groups -OCH3 is 1. The van der Waals surface area contributed by atoms with Crippen LogP contribution >= 0.6 is 11.3 Å². The molecule has 2 saturated carbocycles. The third kappa shape index (κ3) is 7.40. The highest BCUT2D eigenvalue weighted by atomic mass is 32.2.